The molecule has 1 fully saturated rings. The summed E-state index contributed by atoms with van der Waals surface area (Å²) in [5.74, 6) is -0.181. The summed E-state index contributed by atoms with van der Waals surface area (Å²) in [6.07, 6.45) is 10.0. The molecule has 0 saturated carbocycles. The zero-order valence-corrected chi connectivity index (χ0v) is 19.9. The molecule has 1 aliphatic heterocycles. The molecule has 5 heterocycles. The number of benzene rings is 1. The normalized spacial score (nSPS) is 15.8. The van der Waals surface area contributed by atoms with Gasteiger partial charge in [0.05, 0.1) is 6.20 Å². The van der Waals surface area contributed by atoms with E-state index in [0.29, 0.717) is 37.7 Å². The first-order chi connectivity index (χ1) is 17.9. The van der Waals surface area contributed by atoms with Crippen molar-refractivity contribution in [1.82, 2.24) is 34.8 Å². The lowest BCUT2D eigenvalue weighted by Crippen LogP contribution is -2.47. The molecule has 2 N–H and O–H groups in total. The molecule has 1 aliphatic rings. The molecule has 0 amide bonds. The first kappa shape index (κ1) is 23.0. The minimum absolute atomic E-state index is 0.0451. The van der Waals surface area contributed by atoms with Crippen LogP contribution in [0.3, 0.4) is 0 Å². The molecule has 10 nitrogen and oxygen atoms in total. The molecule has 6 rings (SSSR count). The van der Waals surface area contributed by atoms with E-state index >= 15 is 0 Å². The highest BCUT2D eigenvalue weighted by Gasteiger charge is 2.30. The van der Waals surface area contributed by atoms with Crippen LogP contribution in [-0.4, -0.2) is 66.0 Å². The van der Waals surface area contributed by atoms with Crippen LogP contribution in [-0.2, 0) is 5.60 Å². The van der Waals surface area contributed by atoms with E-state index in [9.17, 15) is 13.9 Å². The lowest BCUT2D eigenvalue weighted by Gasteiger charge is -2.35. The minimum Gasteiger partial charge on any atom is -0.380 e. The maximum atomic E-state index is 14.3. The fourth-order valence-electron chi connectivity index (χ4n) is 4.62. The number of aromatic amines is 1. The Balaban J connectivity index is 1.17. The van der Waals surface area contributed by atoms with E-state index in [1.165, 1.54) is 25.4 Å². The monoisotopic (exact) mass is 503 g/mol. The molecule has 0 spiro atoms. The summed E-state index contributed by atoms with van der Waals surface area (Å²) in [6.45, 7) is 4.15. The number of H-pyrrole nitrogens is 1. The highest BCUT2D eigenvalue weighted by molar-refractivity contribution is 5.77. The number of halogens is 2. The van der Waals surface area contributed by atoms with Gasteiger partial charge in [0.25, 0.3) is 0 Å². The number of hydrogen-bond acceptors (Lipinski definition) is 8. The molecular weight excluding hydrogens is 480 g/mol. The molecular formula is C25H23F2N9O. The first-order valence-electron chi connectivity index (χ1n) is 11.7. The molecule has 12 heteroatoms. The standard InChI is InChI=1S/C25H23F2N9O/c1-25(37,20-3-2-19(26)9-21(20)27)18-12-28-24(29-13-18)35-6-4-34(5-7-35)23-22-8-16(17-10-31-32-11-17)14-36(22)33-15-30-23/h2-3,8-15,37H,4-7H2,1H3,(H,31,32)/t25-/m0/s1. The third-order valence-corrected chi connectivity index (χ3v) is 6.74. The summed E-state index contributed by atoms with van der Waals surface area (Å²) in [5, 5.41) is 22.1. The SMILES string of the molecule is C[C@](O)(c1cnc(N2CCN(c3ncnn4cc(-c5cn[nH]c5)cc34)CC2)nc1)c1ccc(F)cc1F. The van der Waals surface area contributed by atoms with Crippen molar-refractivity contribution < 1.29 is 13.9 Å². The maximum Gasteiger partial charge on any atom is 0.225 e. The molecule has 0 aliphatic carbocycles. The van der Waals surface area contributed by atoms with E-state index in [1.807, 2.05) is 27.9 Å². The van der Waals surface area contributed by atoms with Crippen molar-refractivity contribution in [3.8, 4) is 11.1 Å². The van der Waals surface area contributed by atoms with Crippen LogP contribution in [0.4, 0.5) is 20.5 Å². The summed E-state index contributed by atoms with van der Waals surface area (Å²) >= 11 is 0. The molecule has 0 unspecified atom stereocenters. The van der Waals surface area contributed by atoms with Gasteiger partial charge in [-0.1, -0.05) is 0 Å². The highest BCUT2D eigenvalue weighted by Crippen LogP contribution is 2.31. The number of fused-ring (bicyclic) bond motifs is 1. The van der Waals surface area contributed by atoms with Crippen LogP contribution in [0.2, 0.25) is 0 Å². The van der Waals surface area contributed by atoms with Gasteiger partial charge in [-0.2, -0.15) is 10.2 Å². The summed E-state index contributed by atoms with van der Waals surface area (Å²) in [7, 11) is 0. The molecule has 1 atom stereocenters. The summed E-state index contributed by atoms with van der Waals surface area (Å²) in [6, 6.07) is 5.13. The van der Waals surface area contributed by atoms with Crippen molar-refractivity contribution in [1.29, 1.82) is 0 Å². The summed E-state index contributed by atoms with van der Waals surface area (Å²) < 4.78 is 29.4. The largest absolute Gasteiger partial charge is 0.380 e. The van der Waals surface area contributed by atoms with Crippen molar-refractivity contribution in [3.63, 3.8) is 0 Å². The van der Waals surface area contributed by atoms with Gasteiger partial charge in [-0.05, 0) is 25.1 Å². The number of nitrogens with zero attached hydrogens (tertiary/aromatic N) is 8. The number of nitrogens with one attached hydrogen (secondary N) is 1. The molecule has 1 aromatic carbocycles. The number of anilines is 2. The summed E-state index contributed by atoms with van der Waals surface area (Å²) in [5.41, 5.74) is 1.44. The number of rotatable bonds is 5. The number of hydrogen-bond donors (Lipinski definition) is 2. The number of aliphatic hydroxyl groups is 1. The van der Waals surface area contributed by atoms with E-state index < -0.39 is 17.2 Å². The van der Waals surface area contributed by atoms with Crippen molar-refractivity contribution in [3.05, 3.63) is 84.3 Å². The molecule has 4 aromatic heterocycles. The average molecular weight is 504 g/mol. The van der Waals surface area contributed by atoms with E-state index in [2.05, 4.69) is 35.1 Å². The Morgan fingerprint density at radius 3 is 2.41 bits per heavy atom. The van der Waals surface area contributed by atoms with E-state index in [4.69, 9.17) is 0 Å². The third-order valence-electron chi connectivity index (χ3n) is 6.74. The van der Waals surface area contributed by atoms with Gasteiger partial charge in [-0.15, -0.1) is 0 Å². The molecule has 1 saturated heterocycles. The average Bonchev–Trinajstić information content (AvgIpc) is 3.59. The molecule has 0 radical (unpaired) electrons. The first-order valence-corrected chi connectivity index (χ1v) is 11.7. The zero-order valence-electron chi connectivity index (χ0n) is 19.9. The molecule has 5 aromatic rings. The van der Waals surface area contributed by atoms with Gasteiger partial charge >= 0.3 is 0 Å². The van der Waals surface area contributed by atoms with Crippen molar-refractivity contribution in [2.45, 2.75) is 12.5 Å². The van der Waals surface area contributed by atoms with Gasteiger partial charge in [-0.25, -0.2) is 28.2 Å². The number of piperazine rings is 1. The Labute approximate surface area is 210 Å². The Hall–Kier alpha value is -4.45. The smallest absolute Gasteiger partial charge is 0.225 e. The van der Waals surface area contributed by atoms with Crippen molar-refractivity contribution in [2.75, 3.05) is 36.0 Å². The van der Waals surface area contributed by atoms with Crippen LogP contribution in [0.1, 0.15) is 18.1 Å². The Kier molecular flexibility index (Phi) is 5.52. The third kappa shape index (κ3) is 4.14. The van der Waals surface area contributed by atoms with Crippen LogP contribution in [0, 0.1) is 11.6 Å². The quantitative estimate of drug-likeness (QED) is 0.377. The van der Waals surface area contributed by atoms with E-state index in [0.717, 1.165) is 34.6 Å². The van der Waals surface area contributed by atoms with Crippen LogP contribution in [0.25, 0.3) is 16.6 Å². The predicted octanol–water partition coefficient (Wildman–Crippen LogP) is 2.77. The highest BCUT2D eigenvalue weighted by atomic mass is 19.1. The second kappa shape index (κ2) is 8.89. The minimum atomic E-state index is -1.71. The van der Waals surface area contributed by atoms with Gasteiger partial charge in [0.15, 0.2) is 5.82 Å². The van der Waals surface area contributed by atoms with Crippen LogP contribution < -0.4 is 9.80 Å². The van der Waals surface area contributed by atoms with E-state index in [1.54, 1.807) is 12.5 Å². The Morgan fingerprint density at radius 2 is 1.70 bits per heavy atom. The second-order valence-corrected chi connectivity index (χ2v) is 9.07. The van der Waals surface area contributed by atoms with Crippen LogP contribution in [0.5, 0.6) is 0 Å². The van der Waals surface area contributed by atoms with Crippen LogP contribution >= 0.6 is 0 Å². The number of aromatic nitrogens is 7. The van der Waals surface area contributed by atoms with Crippen LogP contribution in [0.15, 0.2) is 61.6 Å². The van der Waals surface area contributed by atoms with Crippen molar-refractivity contribution >= 4 is 17.3 Å². The van der Waals surface area contributed by atoms with Gasteiger partial charge in [0, 0.05) is 79.3 Å². The lowest BCUT2D eigenvalue weighted by atomic mass is 9.89. The fourth-order valence-corrected chi connectivity index (χ4v) is 4.62. The second-order valence-electron chi connectivity index (χ2n) is 9.07. The van der Waals surface area contributed by atoms with Gasteiger partial charge < -0.3 is 14.9 Å². The Morgan fingerprint density at radius 1 is 0.946 bits per heavy atom. The predicted molar refractivity (Wildman–Crippen MR) is 132 cm³/mol. The zero-order chi connectivity index (χ0) is 25.6. The summed E-state index contributed by atoms with van der Waals surface area (Å²) in [4.78, 5) is 17.6. The van der Waals surface area contributed by atoms with Gasteiger partial charge in [0.1, 0.15) is 29.1 Å². The molecule has 188 valence electrons. The fraction of sp³-hybridized carbons (Fsp3) is 0.240. The Bertz CT molecular complexity index is 1540. The lowest BCUT2D eigenvalue weighted by molar-refractivity contribution is 0.0970. The molecule has 37 heavy (non-hydrogen) atoms. The molecule has 0 bridgehead atoms. The maximum absolute atomic E-state index is 14.3. The topological polar surface area (TPSA) is 111 Å². The van der Waals surface area contributed by atoms with E-state index in [-0.39, 0.29) is 5.56 Å². The van der Waals surface area contributed by atoms with Gasteiger partial charge in [-0.3, -0.25) is 5.10 Å². The van der Waals surface area contributed by atoms with Crippen molar-refractivity contribution in [2.24, 2.45) is 0 Å². The van der Waals surface area contributed by atoms with Gasteiger partial charge in [0.2, 0.25) is 5.95 Å².